The van der Waals surface area contributed by atoms with E-state index >= 15 is 0 Å². The molecule has 1 atom stereocenters. The number of hydrogen-bond donors (Lipinski definition) is 2. The number of carboxylic acids is 1. The van der Waals surface area contributed by atoms with Crippen LogP contribution >= 0.6 is 11.3 Å². The molecule has 0 saturated carbocycles. The van der Waals surface area contributed by atoms with Crippen molar-refractivity contribution in [2.75, 3.05) is 13.1 Å². The van der Waals surface area contributed by atoms with Crippen LogP contribution in [0.2, 0.25) is 0 Å². The first-order valence-corrected chi connectivity index (χ1v) is 7.26. The first-order chi connectivity index (χ1) is 9.04. The van der Waals surface area contributed by atoms with E-state index in [4.69, 9.17) is 5.11 Å². The maximum atomic E-state index is 12.0. The zero-order chi connectivity index (χ0) is 14.3. The quantitative estimate of drug-likeness (QED) is 0.806. The van der Waals surface area contributed by atoms with Crippen molar-refractivity contribution in [1.29, 1.82) is 0 Å². The lowest BCUT2D eigenvalue weighted by Crippen LogP contribution is -2.46. The van der Waals surface area contributed by atoms with Crippen molar-refractivity contribution in [3.8, 4) is 0 Å². The molecule has 1 aromatic heterocycles. The minimum atomic E-state index is -0.892. The summed E-state index contributed by atoms with van der Waals surface area (Å²) < 4.78 is 0. The van der Waals surface area contributed by atoms with E-state index in [1.165, 1.54) is 5.56 Å². The highest BCUT2D eigenvalue weighted by Crippen LogP contribution is 2.07. The molecular formula is C13H20N2O3S. The minimum absolute atomic E-state index is 0.0359. The molecule has 0 aliphatic heterocycles. The molecular weight excluding hydrogens is 264 g/mol. The number of carbonyl (C=O) groups is 2. The van der Waals surface area contributed by atoms with Crippen LogP contribution in [-0.2, 0) is 11.2 Å². The fraction of sp³-hybridized carbons (Fsp3) is 0.538. The smallest absolute Gasteiger partial charge is 0.317 e. The number of nitrogens with zero attached hydrogens (tertiary/aromatic N) is 1. The van der Waals surface area contributed by atoms with Gasteiger partial charge in [-0.25, -0.2) is 4.79 Å². The van der Waals surface area contributed by atoms with Gasteiger partial charge in [0.05, 0.1) is 6.42 Å². The molecule has 1 heterocycles. The molecule has 0 spiro atoms. The fourth-order valence-electron chi connectivity index (χ4n) is 1.87. The third-order valence-corrected chi connectivity index (χ3v) is 3.61. The second kappa shape index (κ2) is 7.78. The molecule has 19 heavy (non-hydrogen) atoms. The lowest BCUT2D eigenvalue weighted by molar-refractivity contribution is -0.138. The van der Waals surface area contributed by atoms with E-state index < -0.39 is 5.97 Å². The van der Waals surface area contributed by atoms with Gasteiger partial charge in [0.15, 0.2) is 0 Å². The highest BCUT2D eigenvalue weighted by Gasteiger charge is 2.20. The monoisotopic (exact) mass is 284 g/mol. The molecule has 0 saturated heterocycles. The average Bonchev–Trinajstić information content (AvgIpc) is 2.82. The molecule has 0 fully saturated rings. The summed E-state index contributed by atoms with van der Waals surface area (Å²) in [5.74, 6) is -0.892. The van der Waals surface area contributed by atoms with Gasteiger partial charge in [-0.15, -0.1) is 0 Å². The van der Waals surface area contributed by atoms with Crippen LogP contribution in [0.3, 0.4) is 0 Å². The number of hydrogen-bond acceptors (Lipinski definition) is 3. The van der Waals surface area contributed by atoms with Gasteiger partial charge in [0.2, 0.25) is 0 Å². The molecule has 2 N–H and O–H groups in total. The number of carbonyl (C=O) groups excluding carboxylic acids is 1. The highest BCUT2D eigenvalue weighted by atomic mass is 32.1. The summed E-state index contributed by atoms with van der Waals surface area (Å²) in [5.41, 5.74) is 1.20. The van der Waals surface area contributed by atoms with E-state index in [2.05, 4.69) is 10.7 Å². The van der Waals surface area contributed by atoms with Crippen LogP contribution in [0, 0.1) is 0 Å². The Hall–Kier alpha value is -1.56. The van der Waals surface area contributed by atoms with Crippen LogP contribution in [0.25, 0.3) is 0 Å². The topological polar surface area (TPSA) is 69.6 Å². The van der Waals surface area contributed by atoms with Crippen LogP contribution < -0.4 is 5.32 Å². The van der Waals surface area contributed by atoms with Crippen molar-refractivity contribution in [1.82, 2.24) is 10.2 Å². The summed E-state index contributed by atoms with van der Waals surface area (Å²) in [6, 6.07) is 1.52. The number of urea groups is 1. The van der Waals surface area contributed by atoms with E-state index in [9.17, 15) is 9.59 Å². The Morgan fingerprint density at radius 3 is 2.79 bits per heavy atom. The predicted octanol–water partition coefficient (Wildman–Crippen LogP) is 2.19. The van der Waals surface area contributed by atoms with Gasteiger partial charge in [0, 0.05) is 19.1 Å². The number of carboxylic acid groups (broad SMARTS) is 1. The lowest BCUT2D eigenvalue weighted by atomic mass is 10.2. The normalized spacial score (nSPS) is 11.9. The molecule has 6 heteroatoms. The SMILES string of the molecule is CCN(C(=O)NCCc1ccsc1)C(C)CC(=O)O. The number of aliphatic carboxylic acids is 1. The molecule has 0 radical (unpaired) electrons. The summed E-state index contributed by atoms with van der Waals surface area (Å²) in [7, 11) is 0. The molecule has 0 aliphatic carbocycles. The van der Waals surface area contributed by atoms with Gasteiger partial charge in [-0.3, -0.25) is 4.79 Å². The van der Waals surface area contributed by atoms with Crippen LogP contribution in [0.4, 0.5) is 4.79 Å². The van der Waals surface area contributed by atoms with E-state index in [1.54, 1.807) is 23.2 Å². The summed E-state index contributed by atoms with van der Waals surface area (Å²) in [5, 5.41) is 15.6. The molecule has 0 bridgehead atoms. The first-order valence-electron chi connectivity index (χ1n) is 6.32. The van der Waals surface area contributed by atoms with Crippen molar-refractivity contribution < 1.29 is 14.7 Å². The molecule has 106 valence electrons. The maximum absolute atomic E-state index is 12.0. The summed E-state index contributed by atoms with van der Waals surface area (Å²) >= 11 is 1.63. The van der Waals surface area contributed by atoms with Crippen molar-refractivity contribution >= 4 is 23.3 Å². The van der Waals surface area contributed by atoms with Crippen LogP contribution in [-0.4, -0.2) is 41.1 Å². The summed E-state index contributed by atoms with van der Waals surface area (Å²) in [6.45, 7) is 4.65. The van der Waals surface area contributed by atoms with Gasteiger partial charge >= 0.3 is 12.0 Å². The zero-order valence-electron chi connectivity index (χ0n) is 11.3. The average molecular weight is 284 g/mol. The third-order valence-electron chi connectivity index (χ3n) is 2.87. The van der Waals surface area contributed by atoms with Crippen molar-refractivity contribution in [3.63, 3.8) is 0 Å². The van der Waals surface area contributed by atoms with Gasteiger partial charge in [0.1, 0.15) is 0 Å². The molecule has 2 amide bonds. The molecule has 5 nitrogen and oxygen atoms in total. The Bertz CT molecular complexity index is 406. The number of nitrogens with one attached hydrogen (secondary N) is 1. The Balaban J connectivity index is 2.38. The standard InChI is InChI=1S/C13H20N2O3S/c1-3-15(10(2)8-12(16)17)13(18)14-6-4-11-5-7-19-9-11/h5,7,9-10H,3-4,6,8H2,1-2H3,(H,14,18)(H,16,17). The Labute approximate surface area is 117 Å². The van der Waals surface area contributed by atoms with Gasteiger partial charge in [0.25, 0.3) is 0 Å². The summed E-state index contributed by atoms with van der Waals surface area (Å²) in [4.78, 5) is 24.2. The number of amides is 2. The molecule has 0 aliphatic rings. The summed E-state index contributed by atoms with van der Waals surface area (Å²) in [6.07, 6.45) is 0.756. The van der Waals surface area contributed by atoms with Crippen LogP contribution in [0.1, 0.15) is 25.8 Å². The van der Waals surface area contributed by atoms with Crippen molar-refractivity contribution in [2.24, 2.45) is 0 Å². The van der Waals surface area contributed by atoms with E-state index in [1.807, 2.05) is 18.4 Å². The van der Waals surface area contributed by atoms with E-state index in [0.717, 1.165) is 6.42 Å². The minimum Gasteiger partial charge on any atom is -0.481 e. The van der Waals surface area contributed by atoms with Crippen LogP contribution in [0.15, 0.2) is 16.8 Å². The van der Waals surface area contributed by atoms with Gasteiger partial charge in [-0.1, -0.05) is 0 Å². The Kier molecular flexibility index (Phi) is 6.35. The van der Waals surface area contributed by atoms with Gasteiger partial charge in [-0.05, 0) is 42.7 Å². The van der Waals surface area contributed by atoms with Crippen molar-refractivity contribution in [3.05, 3.63) is 22.4 Å². The van der Waals surface area contributed by atoms with Gasteiger partial charge < -0.3 is 15.3 Å². The number of rotatable bonds is 7. The van der Waals surface area contributed by atoms with E-state index in [-0.39, 0.29) is 18.5 Å². The highest BCUT2D eigenvalue weighted by molar-refractivity contribution is 7.07. The lowest BCUT2D eigenvalue weighted by Gasteiger charge is -2.27. The predicted molar refractivity (Wildman–Crippen MR) is 75.5 cm³/mol. The van der Waals surface area contributed by atoms with Crippen LogP contribution in [0.5, 0.6) is 0 Å². The second-order valence-electron chi connectivity index (χ2n) is 4.35. The largest absolute Gasteiger partial charge is 0.481 e. The Morgan fingerprint density at radius 2 is 2.26 bits per heavy atom. The number of thiophene rings is 1. The van der Waals surface area contributed by atoms with Crippen molar-refractivity contribution in [2.45, 2.75) is 32.7 Å². The third kappa shape index (κ3) is 5.30. The zero-order valence-corrected chi connectivity index (χ0v) is 12.1. The molecule has 1 unspecified atom stereocenters. The molecule has 0 aromatic carbocycles. The molecule has 1 aromatic rings. The van der Waals surface area contributed by atoms with Gasteiger partial charge in [-0.2, -0.15) is 11.3 Å². The molecule has 1 rings (SSSR count). The fourth-order valence-corrected chi connectivity index (χ4v) is 2.57. The second-order valence-corrected chi connectivity index (χ2v) is 5.13. The maximum Gasteiger partial charge on any atom is 0.317 e. The van der Waals surface area contributed by atoms with E-state index in [0.29, 0.717) is 13.1 Å². The Morgan fingerprint density at radius 1 is 1.53 bits per heavy atom. The first kappa shape index (κ1) is 15.5.